The summed E-state index contributed by atoms with van der Waals surface area (Å²) in [5, 5.41) is 3.99. The van der Waals surface area contributed by atoms with Crippen molar-refractivity contribution in [3.63, 3.8) is 0 Å². The van der Waals surface area contributed by atoms with Crippen molar-refractivity contribution in [3.05, 3.63) is 33.3 Å². The summed E-state index contributed by atoms with van der Waals surface area (Å²) in [6, 6.07) is 5.99. The summed E-state index contributed by atoms with van der Waals surface area (Å²) in [4.78, 5) is 17.0. The second-order valence-electron chi connectivity index (χ2n) is 5.60. The summed E-state index contributed by atoms with van der Waals surface area (Å²) in [6.07, 6.45) is 1.22. The average molecular weight is 409 g/mol. The van der Waals surface area contributed by atoms with E-state index in [1.165, 1.54) is 6.42 Å². The number of nitrogens with one attached hydrogen (secondary N) is 1. The first kappa shape index (κ1) is 18.0. The molecule has 2 fully saturated rings. The fourth-order valence-corrected chi connectivity index (χ4v) is 3.66. The second kappa shape index (κ2) is 7.97. The molecule has 1 aromatic carbocycles. The van der Waals surface area contributed by atoms with E-state index in [0.717, 1.165) is 43.7 Å². The Morgan fingerprint density at radius 3 is 2.64 bits per heavy atom. The van der Waals surface area contributed by atoms with Crippen LogP contribution in [0.1, 0.15) is 16.8 Å². The van der Waals surface area contributed by atoms with Crippen molar-refractivity contribution in [2.45, 2.75) is 12.5 Å². The number of carbonyl (C=O) groups is 1. The van der Waals surface area contributed by atoms with Gasteiger partial charge in [-0.2, -0.15) is 0 Å². The molecule has 2 aliphatic rings. The minimum absolute atomic E-state index is 0. The van der Waals surface area contributed by atoms with Crippen molar-refractivity contribution in [2.75, 3.05) is 39.3 Å². The lowest BCUT2D eigenvalue weighted by Gasteiger charge is -2.37. The highest BCUT2D eigenvalue weighted by Gasteiger charge is 2.28. The van der Waals surface area contributed by atoms with Crippen LogP contribution in [0.15, 0.2) is 22.7 Å². The number of piperazine rings is 1. The summed E-state index contributed by atoms with van der Waals surface area (Å²) >= 11 is 9.44. The molecule has 1 unspecified atom stereocenters. The highest BCUT2D eigenvalue weighted by Crippen LogP contribution is 2.23. The smallest absolute Gasteiger partial charge is 0.255 e. The second-order valence-corrected chi connectivity index (χ2v) is 6.89. The molecule has 2 saturated heterocycles. The van der Waals surface area contributed by atoms with Crippen LogP contribution < -0.4 is 5.32 Å². The first-order valence-electron chi connectivity index (χ1n) is 7.34. The van der Waals surface area contributed by atoms with Crippen molar-refractivity contribution in [1.29, 1.82) is 0 Å². The molecule has 0 radical (unpaired) electrons. The highest BCUT2D eigenvalue weighted by atomic mass is 79.9. The SMILES string of the molecule is Cl.O=C(c1cc(Cl)ccc1Br)N1CCN(C2CCNC2)CC1. The van der Waals surface area contributed by atoms with Crippen molar-refractivity contribution < 1.29 is 4.79 Å². The number of hydrogen-bond donors (Lipinski definition) is 1. The van der Waals surface area contributed by atoms with Gasteiger partial charge in [-0.3, -0.25) is 9.69 Å². The van der Waals surface area contributed by atoms with Crippen molar-refractivity contribution >= 4 is 45.8 Å². The lowest BCUT2D eigenvalue weighted by molar-refractivity contribution is 0.0583. The van der Waals surface area contributed by atoms with E-state index in [4.69, 9.17) is 11.6 Å². The van der Waals surface area contributed by atoms with Gasteiger partial charge >= 0.3 is 0 Å². The zero-order valence-corrected chi connectivity index (χ0v) is 15.4. The van der Waals surface area contributed by atoms with Crippen LogP contribution in [0.5, 0.6) is 0 Å². The number of hydrogen-bond acceptors (Lipinski definition) is 3. The van der Waals surface area contributed by atoms with E-state index in [9.17, 15) is 4.79 Å². The predicted octanol–water partition coefficient (Wildman–Crippen LogP) is 2.64. The number of carbonyl (C=O) groups excluding carboxylic acids is 1. The number of amides is 1. The summed E-state index contributed by atoms with van der Waals surface area (Å²) in [5.74, 6) is 0.0635. The molecule has 0 aromatic heterocycles. The van der Waals surface area contributed by atoms with Crippen LogP contribution >= 0.6 is 39.9 Å². The summed E-state index contributed by atoms with van der Waals surface area (Å²) in [5.41, 5.74) is 0.651. The van der Waals surface area contributed by atoms with Gasteiger partial charge in [0.05, 0.1) is 5.56 Å². The first-order chi connectivity index (χ1) is 10.1. The molecule has 0 saturated carbocycles. The van der Waals surface area contributed by atoms with Gasteiger partial charge in [0.15, 0.2) is 0 Å². The lowest BCUT2D eigenvalue weighted by atomic mass is 10.1. The van der Waals surface area contributed by atoms with E-state index in [1.807, 2.05) is 11.0 Å². The fraction of sp³-hybridized carbons (Fsp3) is 0.533. The molecular formula is C15H20BrCl2N3O. The van der Waals surface area contributed by atoms with Gasteiger partial charge in [-0.25, -0.2) is 0 Å². The largest absolute Gasteiger partial charge is 0.336 e. The van der Waals surface area contributed by atoms with Crippen LogP contribution in [0.25, 0.3) is 0 Å². The third kappa shape index (κ3) is 3.95. The molecule has 122 valence electrons. The molecule has 1 aromatic rings. The van der Waals surface area contributed by atoms with Crippen LogP contribution in [-0.2, 0) is 0 Å². The summed E-state index contributed by atoms with van der Waals surface area (Å²) < 4.78 is 0.805. The van der Waals surface area contributed by atoms with E-state index >= 15 is 0 Å². The molecule has 3 rings (SSSR count). The summed E-state index contributed by atoms with van der Waals surface area (Å²) in [6.45, 7) is 5.67. The quantitative estimate of drug-likeness (QED) is 0.816. The minimum atomic E-state index is 0. The Bertz CT molecular complexity index is 530. The van der Waals surface area contributed by atoms with Gasteiger partial charge in [-0.05, 0) is 47.1 Å². The Labute approximate surface area is 150 Å². The Morgan fingerprint density at radius 2 is 2.00 bits per heavy atom. The van der Waals surface area contributed by atoms with E-state index in [-0.39, 0.29) is 18.3 Å². The van der Waals surface area contributed by atoms with E-state index in [2.05, 4.69) is 26.1 Å². The molecular weight excluding hydrogens is 389 g/mol. The molecule has 1 atom stereocenters. The standard InChI is InChI=1S/C15H19BrClN3O.ClH/c16-14-2-1-11(17)9-13(14)15(21)20-7-5-19(6-8-20)12-3-4-18-10-12;/h1-2,9,12,18H,3-8,10H2;1H. The van der Waals surface area contributed by atoms with Gasteiger partial charge < -0.3 is 10.2 Å². The minimum Gasteiger partial charge on any atom is -0.336 e. The molecule has 1 N–H and O–H groups in total. The molecule has 2 aliphatic heterocycles. The molecule has 7 heteroatoms. The van der Waals surface area contributed by atoms with Crippen LogP contribution in [0.2, 0.25) is 5.02 Å². The lowest BCUT2D eigenvalue weighted by Crippen LogP contribution is -2.52. The number of nitrogens with zero attached hydrogens (tertiary/aromatic N) is 2. The number of benzene rings is 1. The summed E-state index contributed by atoms with van der Waals surface area (Å²) in [7, 11) is 0. The van der Waals surface area contributed by atoms with E-state index in [0.29, 0.717) is 16.6 Å². The van der Waals surface area contributed by atoms with Gasteiger partial charge in [-0.1, -0.05) is 11.6 Å². The zero-order chi connectivity index (χ0) is 14.8. The maximum Gasteiger partial charge on any atom is 0.255 e. The number of halogens is 3. The van der Waals surface area contributed by atoms with Crippen molar-refractivity contribution in [2.24, 2.45) is 0 Å². The van der Waals surface area contributed by atoms with E-state index in [1.54, 1.807) is 12.1 Å². The van der Waals surface area contributed by atoms with Crippen LogP contribution in [-0.4, -0.2) is 61.0 Å². The van der Waals surface area contributed by atoms with Crippen LogP contribution in [0.3, 0.4) is 0 Å². The Morgan fingerprint density at radius 1 is 1.27 bits per heavy atom. The average Bonchev–Trinajstić information content (AvgIpc) is 3.03. The molecule has 4 nitrogen and oxygen atoms in total. The van der Waals surface area contributed by atoms with Gasteiger partial charge in [0.25, 0.3) is 5.91 Å². The third-order valence-electron chi connectivity index (χ3n) is 4.31. The van der Waals surface area contributed by atoms with Crippen LogP contribution in [0, 0.1) is 0 Å². The molecule has 1 amide bonds. The Kier molecular flexibility index (Phi) is 6.53. The van der Waals surface area contributed by atoms with Crippen molar-refractivity contribution in [1.82, 2.24) is 15.1 Å². The highest BCUT2D eigenvalue weighted by molar-refractivity contribution is 9.10. The van der Waals surface area contributed by atoms with Gasteiger partial charge in [0.1, 0.15) is 0 Å². The maximum atomic E-state index is 12.6. The van der Waals surface area contributed by atoms with Gasteiger partial charge in [0, 0.05) is 48.3 Å². The first-order valence-corrected chi connectivity index (χ1v) is 8.51. The topological polar surface area (TPSA) is 35.6 Å². The van der Waals surface area contributed by atoms with Gasteiger partial charge in [0.2, 0.25) is 0 Å². The fourth-order valence-electron chi connectivity index (χ4n) is 3.07. The van der Waals surface area contributed by atoms with Crippen molar-refractivity contribution in [3.8, 4) is 0 Å². The Hall–Kier alpha value is -0.330. The molecule has 2 heterocycles. The zero-order valence-electron chi connectivity index (χ0n) is 12.2. The Balaban J connectivity index is 0.00000176. The number of rotatable bonds is 2. The third-order valence-corrected chi connectivity index (χ3v) is 5.24. The molecule has 0 aliphatic carbocycles. The molecule has 0 spiro atoms. The molecule has 0 bridgehead atoms. The maximum absolute atomic E-state index is 12.6. The monoisotopic (exact) mass is 407 g/mol. The normalized spacial score (nSPS) is 22.5. The van der Waals surface area contributed by atoms with E-state index < -0.39 is 0 Å². The predicted molar refractivity (Wildman–Crippen MR) is 95.2 cm³/mol. The van der Waals surface area contributed by atoms with Gasteiger partial charge in [-0.15, -0.1) is 12.4 Å². The van der Waals surface area contributed by atoms with Crippen LogP contribution in [0.4, 0.5) is 0 Å². The molecule has 22 heavy (non-hydrogen) atoms.